The number of ether oxygens (including phenoxy) is 2. The number of hydrogen-bond donors (Lipinski definition) is 0. The lowest BCUT2D eigenvalue weighted by Gasteiger charge is -2.44. The van der Waals surface area contributed by atoms with Gasteiger partial charge in [0, 0.05) is 19.0 Å². The molecule has 3 aromatic rings. The summed E-state index contributed by atoms with van der Waals surface area (Å²) in [7, 11) is 0. The third-order valence-corrected chi connectivity index (χ3v) is 8.15. The number of amides is 1. The first-order valence-corrected chi connectivity index (χ1v) is 15.7. The highest BCUT2D eigenvalue weighted by molar-refractivity contribution is 5.90. The Hall–Kier alpha value is -4.50. The molecule has 0 unspecified atom stereocenters. The van der Waals surface area contributed by atoms with Crippen LogP contribution in [0.3, 0.4) is 0 Å². The van der Waals surface area contributed by atoms with Gasteiger partial charge >= 0.3 is 24.6 Å². The van der Waals surface area contributed by atoms with Gasteiger partial charge in [-0.3, -0.25) is 4.90 Å². The van der Waals surface area contributed by atoms with E-state index in [1.165, 1.54) is 28.1 Å². The monoisotopic (exact) mass is 719 g/mol. The van der Waals surface area contributed by atoms with Crippen LogP contribution in [0.25, 0.3) is 0 Å². The van der Waals surface area contributed by atoms with Gasteiger partial charge in [-0.15, -0.1) is 0 Å². The largest absolute Gasteiger partial charge is 0.492 e. The molecule has 0 bridgehead atoms. The molecule has 0 radical (unpaired) electrons. The third-order valence-electron chi connectivity index (χ3n) is 8.15. The molecule has 0 spiro atoms. The fraction of sp³-hybridized carbons (Fsp3) is 0.441. The lowest BCUT2D eigenvalue weighted by atomic mass is 9.87. The molecule has 2 aromatic carbocycles. The minimum Gasteiger partial charge on any atom is -0.492 e. The molecule has 1 aromatic heterocycles. The third kappa shape index (κ3) is 9.18. The van der Waals surface area contributed by atoms with Crippen molar-refractivity contribution in [3.63, 3.8) is 0 Å². The number of unbranched alkanes of at least 4 members (excludes halogenated alkanes) is 2. The molecule has 2 atom stereocenters. The van der Waals surface area contributed by atoms with Crippen molar-refractivity contribution in [3.8, 4) is 5.75 Å². The van der Waals surface area contributed by atoms with Gasteiger partial charge < -0.3 is 19.2 Å². The van der Waals surface area contributed by atoms with E-state index in [1.54, 1.807) is 13.8 Å². The molecule has 4 rings (SSSR count). The Bertz CT molecular complexity index is 1590. The molecule has 2 heterocycles. The van der Waals surface area contributed by atoms with Crippen LogP contribution in [0.15, 0.2) is 54.7 Å². The van der Waals surface area contributed by atoms with Crippen LogP contribution < -0.4 is 14.5 Å². The summed E-state index contributed by atoms with van der Waals surface area (Å²) >= 11 is 0. The second kappa shape index (κ2) is 15.6. The average molecular weight is 720 g/mol. The zero-order valence-electron chi connectivity index (χ0n) is 27.0. The van der Waals surface area contributed by atoms with Crippen molar-refractivity contribution < 1.29 is 58.6 Å². The van der Waals surface area contributed by atoms with E-state index in [-0.39, 0.29) is 54.9 Å². The Morgan fingerprint density at radius 2 is 1.56 bits per heavy atom. The van der Waals surface area contributed by atoms with Gasteiger partial charge in [0.2, 0.25) is 0 Å². The van der Waals surface area contributed by atoms with Gasteiger partial charge in [0.25, 0.3) is 0 Å². The van der Waals surface area contributed by atoms with E-state index in [9.17, 15) is 49.1 Å². The molecule has 0 aliphatic carbocycles. The fourth-order valence-electron chi connectivity index (χ4n) is 5.79. The summed E-state index contributed by atoms with van der Waals surface area (Å²) in [6.07, 6.45) is -12.3. The second-order valence-corrected chi connectivity index (χ2v) is 11.6. The molecule has 272 valence electrons. The van der Waals surface area contributed by atoms with Crippen LogP contribution >= 0.6 is 0 Å². The van der Waals surface area contributed by atoms with Crippen molar-refractivity contribution in [2.75, 3.05) is 23.0 Å². The van der Waals surface area contributed by atoms with Gasteiger partial charge in [0.15, 0.2) is 0 Å². The maximum atomic E-state index is 14.0. The van der Waals surface area contributed by atoms with Gasteiger partial charge in [0.1, 0.15) is 17.9 Å². The van der Waals surface area contributed by atoms with Crippen molar-refractivity contribution in [2.45, 2.75) is 83.1 Å². The molecule has 0 saturated heterocycles. The van der Waals surface area contributed by atoms with Crippen LogP contribution in [-0.2, 0) is 34.6 Å². The van der Waals surface area contributed by atoms with Crippen LogP contribution in [0.2, 0.25) is 0 Å². The van der Waals surface area contributed by atoms with Crippen molar-refractivity contribution in [3.05, 3.63) is 82.5 Å². The Morgan fingerprint density at radius 1 is 0.900 bits per heavy atom. The number of nitrogens with zero attached hydrogens (tertiary/aromatic N) is 3. The van der Waals surface area contributed by atoms with Gasteiger partial charge in [-0.25, -0.2) is 9.78 Å². The fourth-order valence-corrected chi connectivity index (χ4v) is 5.79. The van der Waals surface area contributed by atoms with E-state index < -0.39 is 65.5 Å². The number of rotatable bonds is 12. The Labute approximate surface area is 282 Å². The lowest BCUT2D eigenvalue weighted by molar-refractivity contribution is -0.143. The summed E-state index contributed by atoms with van der Waals surface area (Å²) in [4.78, 5) is 30.6. The average Bonchev–Trinajstić information content (AvgIpc) is 3.05. The van der Waals surface area contributed by atoms with Crippen LogP contribution in [0.5, 0.6) is 5.75 Å². The zero-order valence-corrected chi connectivity index (χ0v) is 27.0. The van der Waals surface area contributed by atoms with E-state index in [0.29, 0.717) is 31.4 Å². The molecule has 0 fully saturated rings. The predicted octanol–water partition coefficient (Wildman–Crippen LogP) is 9.78. The van der Waals surface area contributed by atoms with Crippen LogP contribution in [0, 0.1) is 0 Å². The van der Waals surface area contributed by atoms with E-state index >= 15 is 0 Å². The first-order chi connectivity index (χ1) is 23.5. The smallest absolute Gasteiger partial charge is 0.416 e. The molecule has 7 nitrogen and oxygen atoms in total. The number of pyridine rings is 1. The maximum Gasteiger partial charge on any atom is 0.416 e. The van der Waals surface area contributed by atoms with Crippen LogP contribution in [0.1, 0.15) is 79.8 Å². The normalized spacial score (nSPS) is 16.5. The van der Waals surface area contributed by atoms with Gasteiger partial charge in [-0.05, 0) is 92.3 Å². The molecule has 1 aliphatic heterocycles. The second-order valence-electron chi connectivity index (χ2n) is 11.6. The quantitative estimate of drug-likeness (QED) is 0.106. The Kier molecular flexibility index (Phi) is 11.9. The minimum atomic E-state index is -5.14. The van der Waals surface area contributed by atoms with Crippen molar-refractivity contribution in [1.82, 2.24) is 4.98 Å². The highest BCUT2D eigenvalue weighted by atomic mass is 19.4. The number of halogens is 9. The highest BCUT2D eigenvalue weighted by Crippen LogP contribution is 2.46. The number of anilines is 2. The first-order valence-electron chi connectivity index (χ1n) is 15.7. The molecule has 1 aliphatic rings. The predicted molar refractivity (Wildman–Crippen MR) is 165 cm³/mol. The highest BCUT2D eigenvalue weighted by Gasteiger charge is 2.42. The number of carbonyl (C=O) groups excluding carboxylic acids is 2. The summed E-state index contributed by atoms with van der Waals surface area (Å²) in [5.74, 6) is 0.277. The Morgan fingerprint density at radius 3 is 2.10 bits per heavy atom. The van der Waals surface area contributed by atoms with Crippen molar-refractivity contribution in [1.29, 1.82) is 0 Å². The summed E-state index contributed by atoms with van der Waals surface area (Å²) in [6.45, 7) is 2.82. The molecular weight excluding hydrogens is 685 g/mol. The summed E-state index contributed by atoms with van der Waals surface area (Å²) in [6, 6.07) is 4.84. The zero-order chi connectivity index (χ0) is 36.9. The minimum absolute atomic E-state index is 0.0107. The van der Waals surface area contributed by atoms with E-state index in [4.69, 9.17) is 9.47 Å². The first kappa shape index (κ1) is 38.3. The number of alkyl halides is 9. The number of aldehydes is 1. The standard InChI is InChI=1S/C34H34F9N3O4/c1-3-25-18-29(27-17-22(32(35,36)37)8-10-28(27)46(25)31(48)49-4-2)45(30-11-9-26(19-44-30)50-13-7-5-6-12-47)20-21-14-23(33(38,39)40)16-24(15-21)34(41,42)43/h8-12,14-17,19,25,29H,3-7,13,18,20H2,1-2H3/t25-,29+/m1/s1. The molecule has 0 N–H and O–H groups in total. The van der Waals surface area contributed by atoms with Gasteiger partial charge in [-0.1, -0.05) is 6.92 Å². The molecule has 16 heteroatoms. The van der Waals surface area contributed by atoms with Crippen molar-refractivity contribution >= 4 is 23.9 Å². The molecule has 1 amide bonds. The summed E-state index contributed by atoms with van der Waals surface area (Å²) < 4.78 is 136. The number of benzene rings is 2. The topological polar surface area (TPSA) is 72.0 Å². The van der Waals surface area contributed by atoms with Gasteiger partial charge in [0.05, 0.1) is 47.8 Å². The number of aromatic nitrogens is 1. The number of fused-ring (bicyclic) bond motifs is 1. The summed E-state index contributed by atoms with van der Waals surface area (Å²) in [5, 5.41) is 0. The van der Waals surface area contributed by atoms with Crippen LogP contribution in [-0.4, -0.2) is 36.6 Å². The summed E-state index contributed by atoms with van der Waals surface area (Å²) in [5.41, 5.74) is -4.64. The molecular formula is C34H34F9N3O4. The molecule has 0 saturated carbocycles. The lowest BCUT2D eigenvalue weighted by Crippen LogP contribution is -2.48. The number of hydrogen-bond acceptors (Lipinski definition) is 6. The maximum absolute atomic E-state index is 14.0. The SMILES string of the molecule is CCOC(=O)N1c2ccc(C(F)(F)F)cc2[C@@H](N(Cc2cc(C(F)(F)F)cc(C(F)(F)F)c2)c2ccc(OCCCCC=O)cn2)C[C@H]1CC. The van der Waals surface area contributed by atoms with E-state index in [2.05, 4.69) is 4.98 Å². The molecule has 50 heavy (non-hydrogen) atoms. The van der Waals surface area contributed by atoms with E-state index in [1.807, 2.05) is 0 Å². The van der Waals surface area contributed by atoms with Crippen LogP contribution in [0.4, 0.5) is 55.8 Å². The number of carbonyl (C=O) groups is 2. The Balaban J connectivity index is 1.89. The van der Waals surface area contributed by atoms with Gasteiger partial charge in [-0.2, -0.15) is 39.5 Å². The van der Waals surface area contributed by atoms with E-state index in [0.717, 1.165) is 24.5 Å². The van der Waals surface area contributed by atoms with Crippen molar-refractivity contribution in [2.24, 2.45) is 0 Å².